The summed E-state index contributed by atoms with van der Waals surface area (Å²) in [6.07, 6.45) is 0.932. The Bertz CT molecular complexity index is 591. The maximum atomic E-state index is 13.5. The second-order valence-electron chi connectivity index (χ2n) is 6.58. The molecule has 0 aromatic heterocycles. The highest BCUT2D eigenvalue weighted by atomic mass is 32.2. The molecule has 1 aromatic carbocycles. The van der Waals surface area contributed by atoms with Crippen LogP contribution in [0.2, 0.25) is 0 Å². The number of rotatable bonds is 3. The number of nitrogens with one attached hydrogen (secondary N) is 2. The number of ether oxygens (including phenoxy) is 1. The van der Waals surface area contributed by atoms with E-state index in [2.05, 4.69) is 10.6 Å². The molecular weight excluding hydrogens is 319 g/mol. The molecule has 2 rings (SSSR count). The first-order chi connectivity index (χ1) is 10.7. The first-order valence-corrected chi connectivity index (χ1v) is 9.13. The molecule has 1 amide bonds. The molecule has 1 heterocycles. The fourth-order valence-electron chi connectivity index (χ4n) is 2.32. The van der Waals surface area contributed by atoms with E-state index >= 15 is 0 Å². The zero-order valence-corrected chi connectivity index (χ0v) is 14.5. The van der Waals surface area contributed by atoms with E-state index in [1.165, 1.54) is 18.2 Å². The Morgan fingerprint density at radius 2 is 1.91 bits per heavy atom. The van der Waals surface area contributed by atoms with Gasteiger partial charge in [0.05, 0.1) is 11.4 Å². The third kappa shape index (κ3) is 5.82. The van der Waals surface area contributed by atoms with Crippen LogP contribution in [0.4, 0.5) is 20.6 Å². The van der Waals surface area contributed by atoms with E-state index in [1.54, 1.807) is 20.8 Å². The Morgan fingerprint density at radius 3 is 2.52 bits per heavy atom. The minimum Gasteiger partial charge on any atom is -0.444 e. The SMILES string of the molecule is CC(C)(C)OC(=O)Nc1ccc(F)cc1NC1CCS(=O)CC1. The van der Waals surface area contributed by atoms with E-state index in [0.29, 0.717) is 22.9 Å². The lowest BCUT2D eigenvalue weighted by Gasteiger charge is -2.25. The molecule has 1 aliphatic heterocycles. The van der Waals surface area contributed by atoms with Gasteiger partial charge in [0.2, 0.25) is 0 Å². The van der Waals surface area contributed by atoms with Crippen molar-refractivity contribution in [3.05, 3.63) is 24.0 Å². The maximum absolute atomic E-state index is 13.5. The van der Waals surface area contributed by atoms with Crippen molar-refractivity contribution < 1.29 is 18.1 Å². The van der Waals surface area contributed by atoms with Crippen molar-refractivity contribution in [1.29, 1.82) is 0 Å². The van der Waals surface area contributed by atoms with E-state index in [0.717, 1.165) is 12.8 Å². The second kappa shape index (κ2) is 7.29. The van der Waals surface area contributed by atoms with Crippen LogP contribution in [0.15, 0.2) is 18.2 Å². The zero-order chi connectivity index (χ0) is 17.0. The molecule has 0 spiro atoms. The summed E-state index contributed by atoms with van der Waals surface area (Å²) in [6.45, 7) is 5.33. The Balaban J connectivity index is 2.08. The second-order valence-corrected chi connectivity index (χ2v) is 8.28. The van der Waals surface area contributed by atoms with Gasteiger partial charge in [-0.2, -0.15) is 0 Å². The van der Waals surface area contributed by atoms with Crippen LogP contribution in [0.5, 0.6) is 0 Å². The lowest BCUT2D eigenvalue weighted by Crippen LogP contribution is -2.30. The molecule has 5 nitrogen and oxygen atoms in total. The Hall–Kier alpha value is -1.63. The van der Waals surface area contributed by atoms with Crippen molar-refractivity contribution in [3.63, 3.8) is 0 Å². The molecule has 0 saturated carbocycles. The summed E-state index contributed by atoms with van der Waals surface area (Å²) in [5.74, 6) is 0.894. The van der Waals surface area contributed by atoms with Crippen LogP contribution in [-0.4, -0.2) is 33.5 Å². The average Bonchev–Trinajstić information content (AvgIpc) is 2.42. The minimum absolute atomic E-state index is 0.119. The minimum atomic E-state index is -0.753. The van der Waals surface area contributed by atoms with Gasteiger partial charge in [-0.25, -0.2) is 9.18 Å². The van der Waals surface area contributed by atoms with Crippen molar-refractivity contribution in [1.82, 2.24) is 0 Å². The monoisotopic (exact) mass is 342 g/mol. The number of carbonyl (C=O) groups is 1. The summed E-state index contributed by atoms with van der Waals surface area (Å²) in [7, 11) is -0.753. The van der Waals surface area contributed by atoms with Crippen LogP contribution in [0, 0.1) is 5.82 Å². The van der Waals surface area contributed by atoms with Gasteiger partial charge >= 0.3 is 6.09 Å². The van der Waals surface area contributed by atoms with Crippen LogP contribution >= 0.6 is 0 Å². The predicted octanol–water partition coefficient (Wildman–Crippen LogP) is 3.50. The van der Waals surface area contributed by atoms with Gasteiger partial charge in [0.1, 0.15) is 11.4 Å². The van der Waals surface area contributed by atoms with Gasteiger partial charge in [0.25, 0.3) is 0 Å². The summed E-state index contributed by atoms with van der Waals surface area (Å²) in [4.78, 5) is 11.9. The predicted molar refractivity (Wildman–Crippen MR) is 90.8 cm³/mol. The van der Waals surface area contributed by atoms with Crippen LogP contribution in [0.3, 0.4) is 0 Å². The topological polar surface area (TPSA) is 67.4 Å². The Kier molecular flexibility index (Phi) is 5.62. The lowest BCUT2D eigenvalue weighted by molar-refractivity contribution is 0.0636. The van der Waals surface area contributed by atoms with E-state index in [1.807, 2.05) is 0 Å². The highest BCUT2D eigenvalue weighted by Gasteiger charge is 2.21. The Labute approximate surface area is 138 Å². The normalized spacial score (nSPS) is 21.6. The highest BCUT2D eigenvalue weighted by molar-refractivity contribution is 7.85. The molecule has 1 aliphatic rings. The van der Waals surface area contributed by atoms with Crippen molar-refractivity contribution in [3.8, 4) is 0 Å². The molecule has 0 atom stereocenters. The van der Waals surface area contributed by atoms with Gasteiger partial charge in [0.15, 0.2) is 0 Å². The zero-order valence-electron chi connectivity index (χ0n) is 13.6. The number of hydrogen-bond donors (Lipinski definition) is 2. The number of benzene rings is 1. The van der Waals surface area contributed by atoms with Crippen LogP contribution in [0.1, 0.15) is 33.6 Å². The van der Waals surface area contributed by atoms with E-state index < -0.39 is 22.5 Å². The molecule has 1 fully saturated rings. The van der Waals surface area contributed by atoms with Crippen molar-refractivity contribution >= 4 is 28.3 Å². The quantitative estimate of drug-likeness (QED) is 0.882. The summed E-state index contributed by atoms with van der Waals surface area (Å²) in [5, 5.41) is 5.88. The first-order valence-electron chi connectivity index (χ1n) is 7.64. The van der Waals surface area contributed by atoms with Crippen molar-refractivity contribution in [2.45, 2.75) is 45.3 Å². The number of carbonyl (C=O) groups excluding carboxylic acids is 1. The molecule has 7 heteroatoms. The van der Waals surface area contributed by atoms with Crippen molar-refractivity contribution in [2.24, 2.45) is 0 Å². The average molecular weight is 342 g/mol. The largest absolute Gasteiger partial charge is 0.444 e. The molecule has 128 valence electrons. The van der Waals surface area contributed by atoms with Gasteiger partial charge < -0.3 is 10.1 Å². The number of hydrogen-bond acceptors (Lipinski definition) is 4. The lowest BCUT2D eigenvalue weighted by atomic mass is 10.1. The van der Waals surface area contributed by atoms with Gasteiger partial charge in [-0.1, -0.05) is 0 Å². The van der Waals surface area contributed by atoms with Gasteiger partial charge in [-0.05, 0) is 51.8 Å². The fraction of sp³-hybridized carbons (Fsp3) is 0.562. The molecule has 0 bridgehead atoms. The van der Waals surface area contributed by atoms with E-state index in [4.69, 9.17) is 4.74 Å². The molecule has 0 aliphatic carbocycles. The third-order valence-electron chi connectivity index (χ3n) is 3.36. The van der Waals surface area contributed by atoms with E-state index in [-0.39, 0.29) is 11.9 Å². The van der Waals surface area contributed by atoms with Gasteiger partial charge in [0, 0.05) is 28.3 Å². The summed E-state index contributed by atoms with van der Waals surface area (Å²) in [6, 6.07) is 4.25. The standard InChI is InChI=1S/C16H23FN2O3S/c1-16(2,3)22-15(20)19-13-5-4-11(17)10-14(13)18-12-6-8-23(21)9-7-12/h4-5,10,12,18H,6-9H2,1-3H3,(H,19,20). The smallest absolute Gasteiger partial charge is 0.412 e. The molecular formula is C16H23FN2O3S. The number of halogens is 1. The molecule has 2 N–H and O–H groups in total. The molecule has 1 saturated heterocycles. The van der Waals surface area contributed by atoms with E-state index in [9.17, 15) is 13.4 Å². The van der Waals surface area contributed by atoms with Gasteiger partial charge in [-0.3, -0.25) is 9.53 Å². The molecule has 23 heavy (non-hydrogen) atoms. The first kappa shape index (κ1) is 17.7. The summed E-state index contributed by atoms with van der Waals surface area (Å²) in [5.41, 5.74) is 0.367. The number of anilines is 2. The molecule has 1 aromatic rings. The summed E-state index contributed by atoms with van der Waals surface area (Å²) >= 11 is 0. The highest BCUT2D eigenvalue weighted by Crippen LogP contribution is 2.26. The van der Waals surface area contributed by atoms with Crippen LogP contribution in [0.25, 0.3) is 0 Å². The fourth-order valence-corrected chi connectivity index (χ4v) is 3.62. The Morgan fingerprint density at radius 1 is 1.26 bits per heavy atom. The molecule has 0 radical (unpaired) electrons. The maximum Gasteiger partial charge on any atom is 0.412 e. The van der Waals surface area contributed by atoms with Crippen LogP contribution in [-0.2, 0) is 15.5 Å². The third-order valence-corrected chi connectivity index (χ3v) is 4.75. The summed E-state index contributed by atoms with van der Waals surface area (Å²) < 4.78 is 30.2. The van der Waals surface area contributed by atoms with Gasteiger partial charge in [-0.15, -0.1) is 0 Å². The van der Waals surface area contributed by atoms with Crippen molar-refractivity contribution in [2.75, 3.05) is 22.1 Å². The molecule has 0 unspecified atom stereocenters. The number of amides is 1. The van der Waals surface area contributed by atoms with Crippen LogP contribution < -0.4 is 10.6 Å².